The van der Waals surface area contributed by atoms with Gasteiger partial charge in [0.05, 0.1) is 9.83 Å². The lowest BCUT2D eigenvalue weighted by atomic mass is 10.1. The summed E-state index contributed by atoms with van der Waals surface area (Å²) in [6, 6.07) is 7.81. The largest absolute Gasteiger partial charge is 0.457 e. The molecule has 1 saturated heterocycles. The van der Waals surface area contributed by atoms with E-state index >= 15 is 0 Å². The first kappa shape index (κ1) is 15.0. The van der Waals surface area contributed by atoms with Crippen LogP contribution >= 0.6 is 11.8 Å². The van der Waals surface area contributed by atoms with Gasteiger partial charge in [0.15, 0.2) is 0 Å². The highest BCUT2D eigenvalue weighted by molar-refractivity contribution is 8.18. The van der Waals surface area contributed by atoms with E-state index in [0.29, 0.717) is 17.1 Å². The molecule has 0 aliphatic carbocycles. The van der Waals surface area contributed by atoms with Gasteiger partial charge in [0.2, 0.25) is 0 Å². The summed E-state index contributed by atoms with van der Waals surface area (Å²) in [4.78, 5) is 33.3. The number of nitrogens with zero attached hydrogens (tertiary/aromatic N) is 1. The normalized spacial score (nSPS) is 16.0. The van der Waals surface area contributed by atoms with E-state index < -0.39 is 16.1 Å². The summed E-state index contributed by atoms with van der Waals surface area (Å²) in [6.45, 7) is 1.82. The van der Waals surface area contributed by atoms with Crippen molar-refractivity contribution in [2.45, 2.75) is 6.92 Å². The third-order valence-electron chi connectivity index (χ3n) is 3.24. The average Bonchev–Trinajstić information content (AvgIpc) is 3.06. The zero-order chi connectivity index (χ0) is 16.6. The molecule has 3 rings (SSSR count). The molecular weight excluding hydrogens is 320 g/mol. The van der Waals surface area contributed by atoms with Crippen molar-refractivity contribution in [1.82, 2.24) is 5.32 Å². The monoisotopic (exact) mass is 330 g/mol. The molecule has 1 aliphatic heterocycles. The predicted octanol–water partition coefficient (Wildman–Crippen LogP) is 3.49. The number of rotatable bonds is 3. The Kier molecular flexibility index (Phi) is 3.75. The summed E-state index contributed by atoms with van der Waals surface area (Å²) >= 11 is 0.795. The van der Waals surface area contributed by atoms with Crippen LogP contribution in [0.2, 0.25) is 0 Å². The lowest BCUT2D eigenvalue weighted by Gasteiger charge is -2.02. The summed E-state index contributed by atoms with van der Waals surface area (Å²) in [5.41, 5.74) is 1.40. The Balaban J connectivity index is 1.95. The maximum Gasteiger partial charge on any atom is 0.290 e. The van der Waals surface area contributed by atoms with Gasteiger partial charge in [0, 0.05) is 23.8 Å². The number of thioether (sulfide) groups is 1. The number of carbonyl (C=O) groups excluding carboxylic acids is 2. The van der Waals surface area contributed by atoms with E-state index in [1.54, 1.807) is 18.2 Å². The molecule has 1 fully saturated rings. The second-order valence-corrected chi connectivity index (χ2v) is 5.83. The van der Waals surface area contributed by atoms with Gasteiger partial charge in [-0.3, -0.25) is 25.0 Å². The van der Waals surface area contributed by atoms with Gasteiger partial charge in [0.1, 0.15) is 11.5 Å². The fourth-order valence-corrected chi connectivity index (χ4v) is 2.78. The smallest absolute Gasteiger partial charge is 0.290 e. The third kappa shape index (κ3) is 3.02. The number of aryl methyl sites for hydroxylation is 1. The molecule has 2 aromatic rings. The number of furan rings is 1. The number of benzene rings is 1. The van der Waals surface area contributed by atoms with Crippen LogP contribution in [-0.2, 0) is 4.79 Å². The summed E-state index contributed by atoms with van der Waals surface area (Å²) in [7, 11) is 0. The van der Waals surface area contributed by atoms with Crippen LogP contribution in [0.15, 0.2) is 39.7 Å². The number of hydrogen-bond donors (Lipinski definition) is 1. The molecule has 1 aromatic carbocycles. The summed E-state index contributed by atoms with van der Waals surface area (Å²) in [6.07, 6.45) is 1.46. The van der Waals surface area contributed by atoms with Crippen LogP contribution < -0.4 is 5.32 Å². The topological polar surface area (TPSA) is 102 Å². The summed E-state index contributed by atoms with van der Waals surface area (Å²) < 4.78 is 5.63. The van der Waals surface area contributed by atoms with Gasteiger partial charge >= 0.3 is 0 Å². The molecule has 1 N–H and O–H groups in total. The lowest BCUT2D eigenvalue weighted by molar-refractivity contribution is -0.384. The molecule has 1 aliphatic rings. The molecular formula is C15H10N2O5S. The second kappa shape index (κ2) is 5.73. The molecule has 8 heteroatoms. The zero-order valence-electron chi connectivity index (χ0n) is 11.9. The number of nitro groups is 1. The number of amides is 2. The van der Waals surface area contributed by atoms with Gasteiger partial charge in [-0.15, -0.1) is 0 Å². The first-order valence-corrected chi connectivity index (χ1v) is 7.36. The Morgan fingerprint density at radius 3 is 2.70 bits per heavy atom. The van der Waals surface area contributed by atoms with Gasteiger partial charge in [-0.05, 0) is 36.4 Å². The molecule has 0 saturated carbocycles. The Morgan fingerprint density at radius 1 is 1.26 bits per heavy atom. The number of imide groups is 1. The van der Waals surface area contributed by atoms with E-state index in [-0.39, 0.29) is 10.6 Å². The fraction of sp³-hybridized carbons (Fsp3) is 0.0667. The number of hydrogen-bond acceptors (Lipinski definition) is 6. The van der Waals surface area contributed by atoms with Crippen molar-refractivity contribution in [3.63, 3.8) is 0 Å². The minimum atomic E-state index is -0.472. The molecule has 0 radical (unpaired) electrons. The van der Waals surface area contributed by atoms with Gasteiger partial charge in [-0.1, -0.05) is 6.07 Å². The highest BCUT2D eigenvalue weighted by Gasteiger charge is 2.25. The number of nitrogens with one attached hydrogen (secondary N) is 1. The van der Waals surface area contributed by atoms with Gasteiger partial charge in [-0.2, -0.15) is 0 Å². The highest BCUT2D eigenvalue weighted by Crippen LogP contribution is 2.31. The number of nitro benzene ring substituents is 1. The maximum absolute atomic E-state index is 11.5. The molecule has 1 aromatic heterocycles. The van der Waals surface area contributed by atoms with Crippen LogP contribution in [0.1, 0.15) is 11.3 Å². The number of carbonyl (C=O) groups is 2. The van der Waals surface area contributed by atoms with E-state index in [0.717, 1.165) is 17.3 Å². The van der Waals surface area contributed by atoms with Crippen molar-refractivity contribution in [2.24, 2.45) is 0 Å². The van der Waals surface area contributed by atoms with Crippen LogP contribution in [-0.4, -0.2) is 16.1 Å². The van der Waals surface area contributed by atoms with E-state index in [1.807, 2.05) is 6.92 Å². The van der Waals surface area contributed by atoms with Crippen molar-refractivity contribution in [3.05, 3.63) is 56.7 Å². The van der Waals surface area contributed by atoms with Crippen molar-refractivity contribution in [3.8, 4) is 11.3 Å². The molecule has 0 unspecified atom stereocenters. The molecule has 23 heavy (non-hydrogen) atoms. The van der Waals surface area contributed by atoms with Gasteiger partial charge < -0.3 is 4.42 Å². The van der Waals surface area contributed by atoms with Crippen LogP contribution in [0.5, 0.6) is 0 Å². The quantitative estimate of drug-likeness (QED) is 0.525. The van der Waals surface area contributed by atoms with E-state index in [9.17, 15) is 19.7 Å². The predicted molar refractivity (Wildman–Crippen MR) is 84.6 cm³/mol. The zero-order valence-corrected chi connectivity index (χ0v) is 12.7. The molecule has 2 heterocycles. The maximum atomic E-state index is 11.5. The Labute approximate surface area is 134 Å². The Hall–Kier alpha value is -2.87. The van der Waals surface area contributed by atoms with E-state index in [4.69, 9.17) is 4.42 Å². The van der Waals surface area contributed by atoms with Crippen molar-refractivity contribution in [2.75, 3.05) is 0 Å². The molecule has 0 atom stereocenters. The van der Waals surface area contributed by atoms with Crippen molar-refractivity contribution in [1.29, 1.82) is 0 Å². The SMILES string of the molecule is Cc1ccc([N+](=O)[O-])cc1-c1ccc(C=C2SC(=O)NC2=O)o1. The Morgan fingerprint density at radius 2 is 2.04 bits per heavy atom. The van der Waals surface area contributed by atoms with Crippen LogP contribution in [0.25, 0.3) is 17.4 Å². The highest BCUT2D eigenvalue weighted by atomic mass is 32.2. The molecule has 0 bridgehead atoms. The molecule has 2 amide bonds. The first-order chi connectivity index (χ1) is 10.9. The van der Waals surface area contributed by atoms with Crippen LogP contribution in [0, 0.1) is 17.0 Å². The minimum absolute atomic E-state index is 0.0294. The van der Waals surface area contributed by atoms with E-state index in [2.05, 4.69) is 5.32 Å². The van der Waals surface area contributed by atoms with Gasteiger partial charge in [-0.25, -0.2) is 0 Å². The molecule has 0 spiro atoms. The van der Waals surface area contributed by atoms with Gasteiger partial charge in [0.25, 0.3) is 16.8 Å². The second-order valence-electron chi connectivity index (χ2n) is 4.81. The number of non-ortho nitro benzene ring substituents is 1. The van der Waals surface area contributed by atoms with Crippen molar-refractivity contribution < 1.29 is 18.9 Å². The van der Waals surface area contributed by atoms with Crippen LogP contribution in [0.4, 0.5) is 10.5 Å². The van der Waals surface area contributed by atoms with E-state index in [1.165, 1.54) is 18.2 Å². The lowest BCUT2D eigenvalue weighted by Crippen LogP contribution is -2.17. The minimum Gasteiger partial charge on any atom is -0.457 e. The van der Waals surface area contributed by atoms with Crippen LogP contribution in [0.3, 0.4) is 0 Å². The average molecular weight is 330 g/mol. The third-order valence-corrected chi connectivity index (χ3v) is 4.05. The summed E-state index contributed by atoms with van der Waals surface area (Å²) in [5, 5.41) is 12.6. The summed E-state index contributed by atoms with van der Waals surface area (Å²) in [5.74, 6) is 0.371. The molecule has 116 valence electrons. The molecule has 7 nitrogen and oxygen atoms in total. The standard InChI is InChI=1S/C15H10N2O5S/c1-8-2-3-9(17(20)21)6-11(8)12-5-4-10(22-12)7-13-14(18)16-15(19)23-13/h2-7H,1H3,(H,16,18,19). The fourth-order valence-electron chi connectivity index (χ4n) is 2.11. The first-order valence-electron chi connectivity index (χ1n) is 6.54. The van der Waals surface area contributed by atoms with Crippen molar-refractivity contribution >= 4 is 34.7 Å². The Bertz CT molecular complexity index is 869.